The highest BCUT2D eigenvalue weighted by molar-refractivity contribution is 7.44. The number of halogens is 1. The quantitative estimate of drug-likeness (QED) is 0.0692. The van der Waals surface area contributed by atoms with Crippen LogP contribution in [0, 0.1) is 18.3 Å². The van der Waals surface area contributed by atoms with E-state index in [1.165, 1.54) is 6.20 Å². The van der Waals surface area contributed by atoms with E-state index in [-0.39, 0.29) is 43.9 Å². The van der Waals surface area contributed by atoms with Crippen LogP contribution in [0.25, 0.3) is 0 Å². The molecule has 4 aromatic rings. The maximum Gasteiger partial charge on any atom is 0.328 e. The number of ether oxygens (including phenoxy) is 4. The van der Waals surface area contributed by atoms with E-state index in [9.17, 15) is 14.9 Å². The number of aryl methyl sites for hydroxylation is 1. The Labute approximate surface area is 322 Å². The van der Waals surface area contributed by atoms with Gasteiger partial charge in [-0.15, -0.1) is 0 Å². The Balaban J connectivity index is 1.62. The van der Waals surface area contributed by atoms with Gasteiger partial charge in [-0.25, -0.2) is 13.9 Å². The predicted octanol–water partition coefficient (Wildman–Crippen LogP) is 6.81. The number of nitriles is 1. The van der Waals surface area contributed by atoms with Gasteiger partial charge in [0.1, 0.15) is 29.3 Å². The topological polar surface area (TPSA) is 137 Å². The monoisotopic (exact) mass is 776 g/mol. The lowest BCUT2D eigenvalue weighted by molar-refractivity contribution is -0.163. The molecular formula is C41H50FN4O8P. The molecule has 1 fully saturated rings. The average Bonchev–Trinajstić information content (AvgIpc) is 3.18. The van der Waals surface area contributed by atoms with Gasteiger partial charge in [0.2, 0.25) is 0 Å². The summed E-state index contributed by atoms with van der Waals surface area (Å²) in [6.45, 7) is 9.19. The lowest BCUT2D eigenvalue weighted by Crippen LogP contribution is -2.54. The molecule has 0 spiro atoms. The van der Waals surface area contributed by atoms with Crippen molar-refractivity contribution in [3.63, 3.8) is 0 Å². The third kappa shape index (κ3) is 9.35. The SMILES string of the molecule is COc1ccc(C(OC[C@H]2OC[C@@H](n3cc(C)c(=O)[nH]c3=O)[C@H](F)[C@@H]2OP(OCCC#N)N(C(C)C)C(C)C)(c2ccccc2)c2ccc(OC)cc2)cc1. The lowest BCUT2D eigenvalue weighted by atomic mass is 9.80. The van der Waals surface area contributed by atoms with E-state index in [0.29, 0.717) is 11.5 Å². The highest BCUT2D eigenvalue weighted by atomic mass is 31.2. The second-order valence-corrected chi connectivity index (χ2v) is 15.2. The fourth-order valence-corrected chi connectivity index (χ4v) is 8.61. The summed E-state index contributed by atoms with van der Waals surface area (Å²) < 4.78 is 58.0. The second kappa shape index (κ2) is 19.0. The first-order valence-corrected chi connectivity index (χ1v) is 19.4. The van der Waals surface area contributed by atoms with Crippen LogP contribution in [0.1, 0.15) is 62.4 Å². The van der Waals surface area contributed by atoms with Crippen molar-refractivity contribution in [1.82, 2.24) is 14.2 Å². The molecule has 2 heterocycles. The summed E-state index contributed by atoms with van der Waals surface area (Å²) in [6, 6.07) is 25.6. The number of rotatable bonds is 17. The maximum absolute atomic E-state index is 17.4. The Hall–Kier alpha value is -4.41. The molecule has 5 rings (SSSR count). The van der Waals surface area contributed by atoms with Crippen molar-refractivity contribution in [2.75, 3.05) is 34.0 Å². The summed E-state index contributed by atoms with van der Waals surface area (Å²) in [5, 5.41) is 9.31. The van der Waals surface area contributed by atoms with E-state index in [1.807, 2.05) is 111 Å². The Bertz CT molecular complexity index is 1930. The number of aromatic amines is 1. The van der Waals surface area contributed by atoms with E-state index in [0.717, 1.165) is 21.3 Å². The number of nitrogens with one attached hydrogen (secondary N) is 1. The largest absolute Gasteiger partial charge is 0.497 e. The summed E-state index contributed by atoms with van der Waals surface area (Å²) in [7, 11) is 1.25. The summed E-state index contributed by atoms with van der Waals surface area (Å²) in [4.78, 5) is 27.6. The zero-order valence-corrected chi connectivity index (χ0v) is 33.2. The first kappa shape index (κ1) is 41.7. The van der Waals surface area contributed by atoms with E-state index in [1.54, 1.807) is 21.1 Å². The minimum Gasteiger partial charge on any atom is -0.497 e. The van der Waals surface area contributed by atoms with Gasteiger partial charge < -0.3 is 28.0 Å². The molecule has 294 valence electrons. The van der Waals surface area contributed by atoms with Crippen molar-refractivity contribution in [1.29, 1.82) is 5.26 Å². The van der Waals surface area contributed by atoms with Crippen LogP contribution in [0.2, 0.25) is 0 Å². The third-order valence-electron chi connectivity index (χ3n) is 9.54. The Morgan fingerprint density at radius 2 is 1.51 bits per heavy atom. The smallest absolute Gasteiger partial charge is 0.328 e. The van der Waals surface area contributed by atoms with Crippen molar-refractivity contribution < 1.29 is 32.4 Å². The zero-order chi connectivity index (χ0) is 39.7. The molecule has 1 saturated heterocycles. The highest BCUT2D eigenvalue weighted by Gasteiger charge is 2.48. The standard InChI is InChI=1S/C41H50FN4O8P/c1-27(2)46(28(3)4)55(53-23-11-22-43)54-38-36(51-25-35(37(38)42)45-24-29(5)39(47)44-40(45)48)26-52-41(30-12-9-8-10-13-30,31-14-18-33(49-6)19-15-31)32-16-20-34(50-7)21-17-32/h8-10,12-21,24,27-28,35-38H,11,23,25-26H2,1-7H3,(H,44,47,48)/t35-,36-,37+,38-,55?/m1/s1. The van der Waals surface area contributed by atoms with Gasteiger partial charge >= 0.3 is 5.69 Å². The van der Waals surface area contributed by atoms with Crippen LogP contribution in [0.15, 0.2) is 94.6 Å². The van der Waals surface area contributed by atoms with Crippen LogP contribution >= 0.6 is 8.53 Å². The van der Waals surface area contributed by atoms with Gasteiger partial charge in [-0.3, -0.25) is 14.3 Å². The van der Waals surface area contributed by atoms with Crippen molar-refractivity contribution in [3.8, 4) is 17.6 Å². The average molecular weight is 777 g/mol. The molecule has 0 aliphatic carbocycles. The first-order valence-electron chi connectivity index (χ1n) is 18.3. The van der Waals surface area contributed by atoms with Gasteiger partial charge in [0, 0.05) is 23.8 Å². The fourth-order valence-electron chi connectivity index (χ4n) is 6.85. The highest BCUT2D eigenvalue weighted by Crippen LogP contribution is 2.50. The molecule has 1 aliphatic rings. The van der Waals surface area contributed by atoms with Gasteiger partial charge in [0.15, 0.2) is 6.17 Å². The molecule has 12 nitrogen and oxygen atoms in total. The van der Waals surface area contributed by atoms with Crippen LogP contribution in [-0.2, 0) is 24.1 Å². The summed E-state index contributed by atoms with van der Waals surface area (Å²) in [6.07, 6.45) is -2.69. The van der Waals surface area contributed by atoms with Crippen LogP contribution in [0.4, 0.5) is 4.39 Å². The van der Waals surface area contributed by atoms with Crippen molar-refractivity contribution in [3.05, 3.63) is 128 Å². The minimum atomic E-state index is -1.95. The number of nitrogens with zero attached hydrogens (tertiary/aromatic N) is 3. The molecule has 1 aliphatic heterocycles. The van der Waals surface area contributed by atoms with Crippen LogP contribution in [-0.4, -0.2) is 78.7 Å². The molecule has 1 unspecified atom stereocenters. The van der Waals surface area contributed by atoms with E-state index < -0.39 is 49.8 Å². The minimum absolute atomic E-state index is 0.0674. The number of alkyl halides is 1. The van der Waals surface area contributed by atoms with Gasteiger partial charge in [0.25, 0.3) is 14.1 Å². The van der Waals surface area contributed by atoms with Gasteiger partial charge in [-0.1, -0.05) is 54.6 Å². The zero-order valence-electron chi connectivity index (χ0n) is 32.3. The second-order valence-electron chi connectivity index (χ2n) is 13.8. The molecule has 3 aromatic carbocycles. The number of methoxy groups -OCH3 is 2. The maximum atomic E-state index is 17.4. The lowest BCUT2D eigenvalue weighted by Gasteiger charge is -2.44. The van der Waals surface area contributed by atoms with Crippen LogP contribution in [0.5, 0.6) is 11.5 Å². The molecule has 0 radical (unpaired) electrons. The van der Waals surface area contributed by atoms with Crippen molar-refractivity contribution >= 4 is 8.53 Å². The van der Waals surface area contributed by atoms with E-state index in [2.05, 4.69) is 11.1 Å². The Kier molecular flexibility index (Phi) is 14.4. The van der Waals surface area contributed by atoms with Crippen molar-refractivity contribution in [2.24, 2.45) is 0 Å². The summed E-state index contributed by atoms with van der Waals surface area (Å²) in [5.74, 6) is 1.32. The molecule has 1 N–H and O–H groups in total. The fraction of sp³-hybridized carbons (Fsp3) is 0.439. The summed E-state index contributed by atoms with van der Waals surface area (Å²) >= 11 is 0. The van der Waals surface area contributed by atoms with Gasteiger partial charge in [-0.05, 0) is 75.6 Å². The van der Waals surface area contributed by atoms with E-state index >= 15 is 4.39 Å². The number of benzene rings is 3. The molecule has 0 bridgehead atoms. The third-order valence-corrected chi connectivity index (χ3v) is 11.7. The van der Waals surface area contributed by atoms with Crippen LogP contribution in [0.3, 0.4) is 0 Å². The van der Waals surface area contributed by atoms with E-state index in [4.69, 9.17) is 28.0 Å². The van der Waals surface area contributed by atoms with Gasteiger partial charge in [0.05, 0.1) is 52.6 Å². The van der Waals surface area contributed by atoms with Crippen molar-refractivity contribution in [2.45, 2.75) is 83.1 Å². The number of H-pyrrole nitrogens is 1. The molecule has 1 aromatic heterocycles. The number of aromatic nitrogens is 2. The normalized spacial score (nSPS) is 19.4. The first-order chi connectivity index (χ1) is 26.4. The molecular weight excluding hydrogens is 726 g/mol. The predicted molar refractivity (Wildman–Crippen MR) is 208 cm³/mol. The number of hydrogen-bond donors (Lipinski definition) is 1. The summed E-state index contributed by atoms with van der Waals surface area (Å²) in [5.41, 5.74) is 0.0399. The number of hydrogen-bond acceptors (Lipinski definition) is 10. The Morgan fingerprint density at radius 1 is 0.945 bits per heavy atom. The van der Waals surface area contributed by atoms with Gasteiger partial charge in [-0.2, -0.15) is 5.26 Å². The molecule has 55 heavy (non-hydrogen) atoms. The molecule has 5 atom stereocenters. The Morgan fingerprint density at radius 3 is 2.04 bits per heavy atom. The molecule has 14 heteroatoms. The molecule has 0 saturated carbocycles. The molecule has 0 amide bonds. The van der Waals surface area contributed by atoms with Crippen LogP contribution < -0.4 is 20.7 Å².